The van der Waals surface area contributed by atoms with Crippen LogP contribution in [0.1, 0.15) is 37.7 Å². The van der Waals surface area contributed by atoms with Crippen LogP contribution in [0.4, 0.5) is 13.2 Å². The van der Waals surface area contributed by atoms with Gasteiger partial charge < -0.3 is 15.6 Å². The molecule has 5 rings (SSSR count). The minimum Gasteiger partial charge on any atom is -0.352 e. The van der Waals surface area contributed by atoms with Gasteiger partial charge in [-0.25, -0.2) is 13.2 Å². The van der Waals surface area contributed by atoms with Gasteiger partial charge in [-0.1, -0.05) is 0 Å². The van der Waals surface area contributed by atoms with E-state index in [2.05, 4.69) is 15.6 Å². The summed E-state index contributed by atoms with van der Waals surface area (Å²) in [7, 11) is 0. The van der Waals surface area contributed by atoms with E-state index in [0.717, 1.165) is 11.6 Å². The molecule has 2 atom stereocenters. The fourth-order valence-electron chi connectivity index (χ4n) is 4.85. The Hall–Kier alpha value is -3.29. The summed E-state index contributed by atoms with van der Waals surface area (Å²) in [5.41, 5.74) is 2.16. The molecular weight excluding hydrogens is 419 g/mol. The number of aromatic amines is 1. The second-order valence-corrected chi connectivity index (χ2v) is 8.80. The third-order valence-electron chi connectivity index (χ3n) is 6.53. The Morgan fingerprint density at radius 2 is 1.75 bits per heavy atom. The first-order chi connectivity index (χ1) is 15.3. The van der Waals surface area contributed by atoms with Crippen LogP contribution in [0.5, 0.6) is 0 Å². The topological polar surface area (TPSA) is 74.0 Å². The van der Waals surface area contributed by atoms with Crippen LogP contribution in [0.25, 0.3) is 22.2 Å². The molecule has 5 nitrogen and oxygen atoms in total. The molecule has 2 aromatic carbocycles. The lowest BCUT2D eigenvalue weighted by Crippen LogP contribution is -2.45. The van der Waals surface area contributed by atoms with Gasteiger partial charge in [0.2, 0.25) is 11.8 Å². The summed E-state index contributed by atoms with van der Waals surface area (Å²) >= 11 is 0. The molecular formula is C24H22F3N3O2. The highest BCUT2D eigenvalue weighted by Crippen LogP contribution is 2.48. The van der Waals surface area contributed by atoms with Crippen molar-refractivity contribution in [2.45, 2.75) is 44.2 Å². The van der Waals surface area contributed by atoms with E-state index in [1.807, 2.05) is 6.92 Å². The van der Waals surface area contributed by atoms with Crippen molar-refractivity contribution in [3.8, 4) is 11.3 Å². The molecule has 3 N–H and O–H groups in total. The monoisotopic (exact) mass is 441 g/mol. The molecule has 166 valence electrons. The first-order valence-corrected chi connectivity index (χ1v) is 10.7. The number of H-pyrrole nitrogens is 1. The summed E-state index contributed by atoms with van der Waals surface area (Å²) in [6, 6.07) is 7.40. The predicted molar refractivity (Wildman–Crippen MR) is 113 cm³/mol. The Labute approximate surface area is 182 Å². The van der Waals surface area contributed by atoms with Crippen molar-refractivity contribution < 1.29 is 22.8 Å². The van der Waals surface area contributed by atoms with Gasteiger partial charge in [-0.2, -0.15) is 0 Å². The smallest absolute Gasteiger partial charge is 0.242 e. The SMILES string of the molecule is CC1C[C@H](NC(=O)C2CC(c3c(-c4ccc(F)cc4)[nH]c4c(F)cc(F)cc34)C2)C(=O)N1. The van der Waals surface area contributed by atoms with Crippen molar-refractivity contribution in [2.75, 3.05) is 0 Å². The molecule has 2 amide bonds. The Morgan fingerprint density at radius 1 is 1.03 bits per heavy atom. The zero-order valence-corrected chi connectivity index (χ0v) is 17.3. The van der Waals surface area contributed by atoms with Gasteiger partial charge in [0, 0.05) is 23.4 Å². The first kappa shape index (κ1) is 20.6. The molecule has 2 heterocycles. The molecule has 0 bridgehead atoms. The number of hydrogen-bond donors (Lipinski definition) is 3. The highest BCUT2D eigenvalue weighted by molar-refractivity contribution is 5.93. The molecule has 1 saturated heterocycles. The summed E-state index contributed by atoms with van der Waals surface area (Å²) in [5, 5.41) is 6.02. The largest absolute Gasteiger partial charge is 0.352 e. The fraction of sp³-hybridized carbons (Fsp3) is 0.333. The van der Waals surface area contributed by atoms with Crippen LogP contribution in [0, 0.1) is 23.4 Å². The Kier molecular flexibility index (Phi) is 4.95. The van der Waals surface area contributed by atoms with Crippen LogP contribution in [-0.4, -0.2) is 28.9 Å². The molecule has 1 aliphatic heterocycles. The molecule has 8 heteroatoms. The van der Waals surface area contributed by atoms with Crippen LogP contribution in [0.15, 0.2) is 36.4 Å². The number of aromatic nitrogens is 1. The molecule has 1 unspecified atom stereocenters. The van der Waals surface area contributed by atoms with Crippen molar-refractivity contribution in [3.05, 3.63) is 59.4 Å². The third kappa shape index (κ3) is 3.53. The maximum Gasteiger partial charge on any atom is 0.242 e. The molecule has 0 spiro atoms. The highest BCUT2D eigenvalue weighted by Gasteiger charge is 2.40. The average molecular weight is 441 g/mol. The van der Waals surface area contributed by atoms with E-state index in [1.165, 1.54) is 18.2 Å². The lowest BCUT2D eigenvalue weighted by Gasteiger charge is -2.35. The van der Waals surface area contributed by atoms with Crippen LogP contribution >= 0.6 is 0 Å². The van der Waals surface area contributed by atoms with E-state index in [4.69, 9.17) is 0 Å². The van der Waals surface area contributed by atoms with E-state index < -0.39 is 23.5 Å². The molecule has 2 fully saturated rings. The number of nitrogens with one attached hydrogen (secondary N) is 3. The zero-order chi connectivity index (χ0) is 22.6. The van der Waals surface area contributed by atoms with Crippen molar-refractivity contribution >= 4 is 22.7 Å². The Morgan fingerprint density at radius 3 is 2.41 bits per heavy atom. The Bertz CT molecular complexity index is 1220. The Balaban J connectivity index is 1.43. The van der Waals surface area contributed by atoms with Gasteiger partial charge in [-0.3, -0.25) is 9.59 Å². The lowest BCUT2D eigenvalue weighted by atomic mass is 9.69. The summed E-state index contributed by atoms with van der Waals surface area (Å²) in [4.78, 5) is 27.6. The number of rotatable bonds is 4. The summed E-state index contributed by atoms with van der Waals surface area (Å²) in [5.74, 6) is -2.53. The third-order valence-corrected chi connectivity index (χ3v) is 6.53. The molecule has 1 aromatic heterocycles. The zero-order valence-electron chi connectivity index (χ0n) is 17.3. The molecule has 1 saturated carbocycles. The standard InChI is InChI=1S/C24H22F3N3O2/c1-11-6-19(24(32)28-11)29-23(31)14-7-13(8-14)20-17-9-16(26)10-18(27)22(17)30-21(20)12-2-4-15(25)5-3-12/h2-5,9-11,13-14,19,30H,6-8H2,1H3,(H,28,32)(H,29,31)/t11?,13?,14?,19-/m0/s1. The van der Waals surface area contributed by atoms with Gasteiger partial charge in [0.15, 0.2) is 0 Å². The second-order valence-electron chi connectivity index (χ2n) is 8.80. The first-order valence-electron chi connectivity index (χ1n) is 10.7. The van der Waals surface area contributed by atoms with E-state index in [9.17, 15) is 22.8 Å². The van der Waals surface area contributed by atoms with E-state index in [-0.39, 0.29) is 35.2 Å². The maximum atomic E-state index is 14.5. The fourth-order valence-corrected chi connectivity index (χ4v) is 4.85. The number of fused-ring (bicyclic) bond motifs is 1. The molecule has 3 aromatic rings. The van der Waals surface area contributed by atoms with Crippen molar-refractivity contribution in [3.63, 3.8) is 0 Å². The van der Waals surface area contributed by atoms with Gasteiger partial charge in [-0.05, 0) is 73.6 Å². The van der Waals surface area contributed by atoms with Gasteiger partial charge in [0.05, 0.1) is 11.2 Å². The quantitative estimate of drug-likeness (QED) is 0.569. The maximum absolute atomic E-state index is 14.5. The number of halogens is 3. The number of carbonyl (C=O) groups is 2. The number of benzene rings is 2. The van der Waals surface area contributed by atoms with Gasteiger partial charge in [-0.15, -0.1) is 0 Å². The van der Waals surface area contributed by atoms with Crippen LogP contribution in [0.3, 0.4) is 0 Å². The predicted octanol–water partition coefficient (Wildman–Crippen LogP) is 4.14. The summed E-state index contributed by atoms with van der Waals surface area (Å²) < 4.78 is 41.9. The number of amides is 2. The molecule has 2 aliphatic rings. The second kappa shape index (κ2) is 7.69. The lowest BCUT2D eigenvalue weighted by molar-refractivity contribution is -0.132. The van der Waals surface area contributed by atoms with Gasteiger partial charge >= 0.3 is 0 Å². The molecule has 32 heavy (non-hydrogen) atoms. The minimum absolute atomic E-state index is 0.0243. The molecule has 1 aliphatic carbocycles. The van der Waals surface area contributed by atoms with Crippen molar-refractivity contribution in [1.82, 2.24) is 15.6 Å². The number of carbonyl (C=O) groups excluding carboxylic acids is 2. The minimum atomic E-state index is -0.704. The highest BCUT2D eigenvalue weighted by atomic mass is 19.1. The molecule has 0 radical (unpaired) electrons. The van der Waals surface area contributed by atoms with Crippen molar-refractivity contribution in [2.24, 2.45) is 5.92 Å². The number of hydrogen-bond acceptors (Lipinski definition) is 2. The van der Waals surface area contributed by atoms with E-state index >= 15 is 0 Å². The van der Waals surface area contributed by atoms with Crippen LogP contribution in [0.2, 0.25) is 0 Å². The van der Waals surface area contributed by atoms with Gasteiger partial charge in [0.1, 0.15) is 23.5 Å². The normalized spacial score (nSPS) is 24.9. The van der Waals surface area contributed by atoms with Crippen LogP contribution in [-0.2, 0) is 9.59 Å². The average Bonchev–Trinajstić information content (AvgIpc) is 3.21. The summed E-state index contributed by atoms with van der Waals surface area (Å²) in [6.45, 7) is 1.88. The van der Waals surface area contributed by atoms with Gasteiger partial charge in [0.25, 0.3) is 0 Å². The van der Waals surface area contributed by atoms with Crippen molar-refractivity contribution in [1.29, 1.82) is 0 Å². The van der Waals surface area contributed by atoms with E-state index in [0.29, 0.717) is 35.9 Å². The summed E-state index contributed by atoms with van der Waals surface area (Å²) in [6.07, 6.45) is 1.54. The van der Waals surface area contributed by atoms with Crippen LogP contribution < -0.4 is 10.6 Å². The van der Waals surface area contributed by atoms with E-state index in [1.54, 1.807) is 12.1 Å².